The van der Waals surface area contributed by atoms with Crippen LogP contribution in [-0.2, 0) is 16.6 Å². The molecule has 0 atom stereocenters. The maximum absolute atomic E-state index is 13.2. The predicted octanol–water partition coefficient (Wildman–Crippen LogP) is 3.60. The van der Waals surface area contributed by atoms with Crippen molar-refractivity contribution in [3.8, 4) is 0 Å². The van der Waals surface area contributed by atoms with Crippen molar-refractivity contribution < 1.29 is 17.6 Å². The van der Waals surface area contributed by atoms with Crippen LogP contribution in [-0.4, -0.2) is 30.7 Å². The van der Waals surface area contributed by atoms with E-state index in [4.69, 9.17) is 11.6 Å². The second-order valence-electron chi connectivity index (χ2n) is 6.65. The lowest BCUT2D eigenvalue weighted by Crippen LogP contribution is -2.25. The van der Waals surface area contributed by atoms with E-state index in [-0.39, 0.29) is 21.5 Å². The summed E-state index contributed by atoms with van der Waals surface area (Å²) < 4.78 is 42.2. The second-order valence-corrected chi connectivity index (χ2v) is 8.74. The van der Waals surface area contributed by atoms with E-state index in [1.54, 1.807) is 6.20 Å². The van der Waals surface area contributed by atoms with Crippen LogP contribution >= 0.6 is 11.6 Å². The highest BCUT2D eigenvalue weighted by Gasteiger charge is 2.16. The summed E-state index contributed by atoms with van der Waals surface area (Å²) in [6.45, 7) is 3.14. The van der Waals surface area contributed by atoms with Crippen LogP contribution < -0.4 is 10.0 Å². The number of nitrogens with one attached hydrogen (secondary N) is 2. The SMILES string of the molecule is Cc1cnn(CCCNC(=O)c2ccc(NS(=O)(=O)c3ccc(F)c(Cl)c3)cc2)c1. The number of aromatic nitrogens is 2. The highest BCUT2D eigenvalue weighted by molar-refractivity contribution is 7.92. The lowest BCUT2D eigenvalue weighted by molar-refractivity contribution is 0.0952. The minimum absolute atomic E-state index is 0.164. The molecule has 30 heavy (non-hydrogen) atoms. The Hall–Kier alpha value is -2.91. The van der Waals surface area contributed by atoms with Gasteiger partial charge in [0.25, 0.3) is 15.9 Å². The molecule has 1 aromatic heterocycles. The molecule has 0 fully saturated rings. The molecule has 0 aliphatic heterocycles. The largest absolute Gasteiger partial charge is 0.352 e. The minimum Gasteiger partial charge on any atom is -0.352 e. The van der Waals surface area contributed by atoms with Gasteiger partial charge in [-0.3, -0.25) is 14.2 Å². The van der Waals surface area contributed by atoms with Gasteiger partial charge in [0.15, 0.2) is 0 Å². The maximum atomic E-state index is 13.2. The van der Waals surface area contributed by atoms with Crippen molar-refractivity contribution in [2.75, 3.05) is 11.3 Å². The number of amides is 1. The van der Waals surface area contributed by atoms with Gasteiger partial charge in [0.05, 0.1) is 16.1 Å². The molecule has 1 amide bonds. The van der Waals surface area contributed by atoms with Crippen molar-refractivity contribution in [3.05, 3.63) is 76.8 Å². The highest BCUT2D eigenvalue weighted by atomic mass is 35.5. The van der Waals surface area contributed by atoms with Crippen molar-refractivity contribution in [1.29, 1.82) is 0 Å². The highest BCUT2D eigenvalue weighted by Crippen LogP contribution is 2.22. The van der Waals surface area contributed by atoms with Gasteiger partial charge in [-0.15, -0.1) is 0 Å². The van der Waals surface area contributed by atoms with Gasteiger partial charge < -0.3 is 5.32 Å². The number of hydrogen-bond acceptors (Lipinski definition) is 4. The molecule has 2 aromatic carbocycles. The van der Waals surface area contributed by atoms with Gasteiger partial charge in [-0.1, -0.05) is 11.6 Å². The van der Waals surface area contributed by atoms with E-state index in [2.05, 4.69) is 15.1 Å². The van der Waals surface area contributed by atoms with E-state index in [0.29, 0.717) is 18.7 Å². The molecular weight excluding hydrogens is 431 g/mol. The average Bonchev–Trinajstić information content (AvgIpc) is 3.12. The smallest absolute Gasteiger partial charge is 0.261 e. The summed E-state index contributed by atoms with van der Waals surface area (Å²) in [5, 5.41) is 6.71. The number of carbonyl (C=O) groups is 1. The first-order valence-corrected chi connectivity index (χ1v) is 11.0. The summed E-state index contributed by atoms with van der Waals surface area (Å²) >= 11 is 5.65. The van der Waals surface area contributed by atoms with Gasteiger partial charge in [0.2, 0.25) is 0 Å². The standard InChI is InChI=1S/C20H20ClFN4O3S/c1-14-12-24-26(13-14)10-2-9-23-20(27)15-3-5-16(6-4-15)25-30(28,29)17-7-8-19(22)18(21)11-17/h3-8,11-13,25H,2,9-10H2,1H3,(H,23,27). The van der Waals surface area contributed by atoms with Gasteiger partial charge in [-0.2, -0.15) is 5.10 Å². The van der Waals surface area contributed by atoms with Crippen LogP contribution in [0.4, 0.5) is 10.1 Å². The van der Waals surface area contributed by atoms with Crippen LogP contribution in [0.15, 0.2) is 59.8 Å². The molecular formula is C20H20ClFN4O3S. The van der Waals surface area contributed by atoms with Crippen LogP contribution in [0.3, 0.4) is 0 Å². The van der Waals surface area contributed by atoms with Crippen LogP contribution in [0, 0.1) is 12.7 Å². The van der Waals surface area contributed by atoms with Crippen molar-refractivity contribution in [3.63, 3.8) is 0 Å². The first-order valence-electron chi connectivity index (χ1n) is 9.10. The minimum atomic E-state index is -3.94. The Labute approximate surface area is 178 Å². The van der Waals surface area contributed by atoms with Crippen LogP contribution in [0.2, 0.25) is 5.02 Å². The Morgan fingerprint density at radius 3 is 2.57 bits per heavy atom. The molecule has 10 heteroatoms. The first-order chi connectivity index (χ1) is 14.2. The Bertz CT molecular complexity index is 1150. The molecule has 0 spiro atoms. The average molecular weight is 451 g/mol. The summed E-state index contributed by atoms with van der Waals surface area (Å²) in [5.74, 6) is -0.961. The third kappa shape index (κ3) is 5.58. The van der Waals surface area contributed by atoms with Crippen molar-refractivity contribution in [1.82, 2.24) is 15.1 Å². The summed E-state index contributed by atoms with van der Waals surface area (Å²) in [7, 11) is -3.94. The van der Waals surface area contributed by atoms with Crippen molar-refractivity contribution >= 4 is 33.2 Å². The fourth-order valence-electron chi connectivity index (χ4n) is 2.68. The van der Waals surface area contributed by atoms with Crippen LogP contribution in [0.1, 0.15) is 22.3 Å². The molecule has 0 saturated heterocycles. The van der Waals surface area contributed by atoms with E-state index in [9.17, 15) is 17.6 Å². The maximum Gasteiger partial charge on any atom is 0.261 e. The van der Waals surface area contributed by atoms with Gasteiger partial charge >= 0.3 is 0 Å². The number of benzene rings is 2. The number of aryl methyl sites for hydroxylation is 2. The van der Waals surface area contributed by atoms with Gasteiger partial charge in [-0.25, -0.2) is 12.8 Å². The number of hydrogen-bond donors (Lipinski definition) is 2. The lowest BCUT2D eigenvalue weighted by atomic mass is 10.2. The van der Waals surface area contributed by atoms with Gasteiger partial charge in [0, 0.05) is 30.5 Å². The molecule has 0 unspecified atom stereocenters. The van der Waals surface area contributed by atoms with Gasteiger partial charge in [-0.05, 0) is 61.4 Å². The number of halogens is 2. The molecule has 2 N–H and O–H groups in total. The molecule has 1 heterocycles. The van der Waals surface area contributed by atoms with Crippen molar-refractivity contribution in [2.45, 2.75) is 24.8 Å². The predicted molar refractivity (Wildman–Crippen MR) is 113 cm³/mol. The quantitative estimate of drug-likeness (QED) is 0.513. The molecule has 0 bridgehead atoms. The van der Waals surface area contributed by atoms with Crippen molar-refractivity contribution in [2.24, 2.45) is 0 Å². The van der Waals surface area contributed by atoms with E-state index in [1.165, 1.54) is 24.3 Å². The molecule has 0 radical (unpaired) electrons. The number of rotatable bonds is 8. The zero-order valence-electron chi connectivity index (χ0n) is 16.1. The molecule has 7 nitrogen and oxygen atoms in total. The first kappa shape index (κ1) is 21.8. The summed E-state index contributed by atoms with van der Waals surface area (Å²) in [6.07, 6.45) is 4.44. The molecule has 3 aromatic rings. The third-order valence-electron chi connectivity index (χ3n) is 4.21. The lowest BCUT2D eigenvalue weighted by Gasteiger charge is -2.10. The number of anilines is 1. The molecule has 0 aliphatic rings. The molecule has 158 valence electrons. The van der Waals surface area contributed by atoms with E-state index in [0.717, 1.165) is 30.2 Å². The van der Waals surface area contributed by atoms with Gasteiger partial charge in [0.1, 0.15) is 5.82 Å². The fourth-order valence-corrected chi connectivity index (χ4v) is 4.01. The number of carbonyl (C=O) groups excluding carboxylic acids is 1. The molecule has 3 rings (SSSR count). The summed E-state index contributed by atoms with van der Waals surface area (Å²) in [5.41, 5.74) is 1.75. The Morgan fingerprint density at radius 2 is 1.93 bits per heavy atom. The summed E-state index contributed by atoms with van der Waals surface area (Å²) in [6, 6.07) is 9.12. The second kappa shape index (κ2) is 9.27. The third-order valence-corrected chi connectivity index (χ3v) is 5.88. The fraction of sp³-hybridized carbons (Fsp3) is 0.200. The van der Waals surface area contributed by atoms with Crippen LogP contribution in [0.25, 0.3) is 0 Å². The monoisotopic (exact) mass is 450 g/mol. The van der Waals surface area contributed by atoms with E-state index < -0.39 is 15.8 Å². The Kier molecular flexibility index (Phi) is 6.73. The van der Waals surface area contributed by atoms with Crippen LogP contribution in [0.5, 0.6) is 0 Å². The Morgan fingerprint density at radius 1 is 1.20 bits per heavy atom. The van der Waals surface area contributed by atoms with E-state index in [1.807, 2.05) is 17.8 Å². The number of sulfonamides is 1. The molecule has 0 saturated carbocycles. The summed E-state index contributed by atoms with van der Waals surface area (Å²) in [4.78, 5) is 12.1. The van der Waals surface area contributed by atoms with E-state index >= 15 is 0 Å². The number of nitrogens with zero attached hydrogens (tertiary/aromatic N) is 2. The molecule has 0 aliphatic carbocycles. The zero-order chi connectivity index (χ0) is 21.7. The Balaban J connectivity index is 1.54. The topological polar surface area (TPSA) is 93.1 Å². The normalized spacial score (nSPS) is 11.3. The zero-order valence-corrected chi connectivity index (χ0v) is 17.7.